The van der Waals surface area contributed by atoms with Gasteiger partial charge in [-0.1, -0.05) is 29.8 Å². The molecule has 0 aliphatic rings. The van der Waals surface area contributed by atoms with Gasteiger partial charge in [0, 0.05) is 11.5 Å². The summed E-state index contributed by atoms with van der Waals surface area (Å²) in [6, 6.07) is 7.98. The number of carbonyl (C=O) groups excluding carboxylic acids is 1. The second-order valence-corrected chi connectivity index (χ2v) is 4.89. The maximum atomic E-state index is 11.6. The average molecular weight is 258 g/mol. The summed E-state index contributed by atoms with van der Waals surface area (Å²) in [5.74, 6) is -0.161. The van der Waals surface area contributed by atoms with Gasteiger partial charge in [-0.25, -0.2) is 4.98 Å². The van der Waals surface area contributed by atoms with Gasteiger partial charge in [-0.05, 0) is 25.5 Å². The number of aryl methyl sites for hydroxylation is 2. The molecule has 0 unspecified atom stereocenters. The zero-order valence-electron chi connectivity index (χ0n) is 10.3. The highest BCUT2D eigenvalue weighted by Gasteiger charge is 2.01. The highest BCUT2D eigenvalue weighted by atomic mass is 32.1. The molecule has 0 spiro atoms. The third-order valence-electron chi connectivity index (χ3n) is 2.32. The molecule has 1 aromatic heterocycles. The second kappa shape index (κ2) is 5.60. The van der Waals surface area contributed by atoms with Crippen molar-refractivity contribution in [2.24, 2.45) is 0 Å². The topological polar surface area (TPSA) is 42.0 Å². The SMILES string of the molecule is Cc1cccc(/C=C/C(=O)Nc2nc(C)cs2)c1. The molecule has 0 saturated carbocycles. The molecular weight excluding hydrogens is 244 g/mol. The number of thiazole rings is 1. The van der Waals surface area contributed by atoms with Crippen molar-refractivity contribution in [3.63, 3.8) is 0 Å². The van der Waals surface area contributed by atoms with Crippen LogP contribution in [0.4, 0.5) is 5.13 Å². The summed E-state index contributed by atoms with van der Waals surface area (Å²) in [6.45, 7) is 3.92. The summed E-state index contributed by atoms with van der Waals surface area (Å²) in [7, 11) is 0. The molecule has 0 aliphatic carbocycles. The molecule has 2 rings (SSSR count). The van der Waals surface area contributed by atoms with Crippen molar-refractivity contribution in [3.05, 3.63) is 52.5 Å². The van der Waals surface area contributed by atoms with Crippen LogP contribution in [0.1, 0.15) is 16.8 Å². The highest BCUT2D eigenvalue weighted by molar-refractivity contribution is 7.13. The molecule has 0 atom stereocenters. The van der Waals surface area contributed by atoms with Gasteiger partial charge in [0.1, 0.15) is 0 Å². The van der Waals surface area contributed by atoms with Gasteiger partial charge < -0.3 is 0 Å². The van der Waals surface area contributed by atoms with Gasteiger partial charge >= 0.3 is 0 Å². The van der Waals surface area contributed by atoms with Gasteiger partial charge in [0.2, 0.25) is 5.91 Å². The smallest absolute Gasteiger partial charge is 0.250 e. The van der Waals surface area contributed by atoms with Gasteiger partial charge in [0.15, 0.2) is 5.13 Å². The van der Waals surface area contributed by atoms with E-state index in [-0.39, 0.29) is 5.91 Å². The molecule has 0 fully saturated rings. The third-order valence-corrected chi connectivity index (χ3v) is 3.19. The monoisotopic (exact) mass is 258 g/mol. The molecule has 3 nitrogen and oxygen atoms in total. The number of hydrogen-bond acceptors (Lipinski definition) is 3. The number of nitrogens with one attached hydrogen (secondary N) is 1. The fourth-order valence-corrected chi connectivity index (χ4v) is 2.20. The minimum Gasteiger partial charge on any atom is -0.298 e. The van der Waals surface area contributed by atoms with Crippen LogP contribution in [0, 0.1) is 13.8 Å². The first-order valence-corrected chi connectivity index (χ1v) is 6.49. The maximum Gasteiger partial charge on any atom is 0.250 e. The fraction of sp³-hybridized carbons (Fsp3) is 0.143. The van der Waals surface area contributed by atoms with Crippen LogP contribution in [0.3, 0.4) is 0 Å². The lowest BCUT2D eigenvalue weighted by atomic mass is 10.1. The first-order chi connectivity index (χ1) is 8.63. The minimum absolute atomic E-state index is 0.161. The Hall–Kier alpha value is -1.94. The largest absolute Gasteiger partial charge is 0.298 e. The lowest BCUT2D eigenvalue weighted by Gasteiger charge is -1.97. The summed E-state index contributed by atoms with van der Waals surface area (Å²) in [5, 5.41) is 5.26. The molecule has 0 saturated heterocycles. The lowest BCUT2D eigenvalue weighted by molar-refractivity contribution is -0.111. The molecule has 0 aliphatic heterocycles. The standard InChI is InChI=1S/C14H14N2OS/c1-10-4-3-5-12(8-10)6-7-13(17)16-14-15-11(2)9-18-14/h3-9H,1-2H3,(H,15,16,17)/b7-6+. The molecule has 0 radical (unpaired) electrons. The molecule has 1 amide bonds. The van der Waals surface area contributed by atoms with Crippen LogP contribution in [-0.4, -0.2) is 10.9 Å². The van der Waals surface area contributed by atoms with E-state index >= 15 is 0 Å². The van der Waals surface area contributed by atoms with Crippen LogP contribution in [0.2, 0.25) is 0 Å². The van der Waals surface area contributed by atoms with Gasteiger partial charge in [-0.15, -0.1) is 11.3 Å². The summed E-state index contributed by atoms with van der Waals surface area (Å²) in [6.07, 6.45) is 3.31. The summed E-state index contributed by atoms with van der Waals surface area (Å²) < 4.78 is 0. The van der Waals surface area contributed by atoms with Crippen LogP contribution in [0.25, 0.3) is 6.08 Å². The molecule has 2 aromatic rings. The van der Waals surface area contributed by atoms with Crippen molar-refractivity contribution in [3.8, 4) is 0 Å². The Morgan fingerprint density at radius 3 is 2.89 bits per heavy atom. The van der Waals surface area contributed by atoms with Crippen molar-refractivity contribution in [1.29, 1.82) is 0 Å². The summed E-state index contributed by atoms with van der Waals surface area (Å²) in [4.78, 5) is 15.8. The predicted molar refractivity (Wildman–Crippen MR) is 75.7 cm³/mol. The van der Waals surface area contributed by atoms with Crippen molar-refractivity contribution in [2.45, 2.75) is 13.8 Å². The number of amides is 1. The molecule has 92 valence electrons. The van der Waals surface area contributed by atoms with Crippen molar-refractivity contribution < 1.29 is 4.79 Å². The Labute approximate surface area is 110 Å². The Bertz CT molecular complexity index is 587. The Balaban J connectivity index is 1.99. The van der Waals surface area contributed by atoms with Crippen molar-refractivity contribution in [1.82, 2.24) is 4.98 Å². The van der Waals surface area contributed by atoms with E-state index in [4.69, 9.17) is 0 Å². The average Bonchev–Trinajstić information content (AvgIpc) is 2.72. The lowest BCUT2D eigenvalue weighted by Crippen LogP contribution is -2.07. The van der Waals surface area contributed by atoms with Crippen LogP contribution >= 0.6 is 11.3 Å². The molecule has 1 heterocycles. The third kappa shape index (κ3) is 3.53. The van der Waals surface area contributed by atoms with E-state index in [1.165, 1.54) is 23.0 Å². The number of aromatic nitrogens is 1. The first kappa shape index (κ1) is 12.5. The zero-order valence-corrected chi connectivity index (χ0v) is 11.1. The number of carbonyl (C=O) groups is 1. The Morgan fingerprint density at radius 1 is 1.39 bits per heavy atom. The summed E-state index contributed by atoms with van der Waals surface area (Å²) in [5.41, 5.74) is 3.10. The molecule has 4 heteroatoms. The van der Waals surface area contributed by atoms with E-state index < -0.39 is 0 Å². The van der Waals surface area contributed by atoms with E-state index in [2.05, 4.69) is 10.3 Å². The molecule has 18 heavy (non-hydrogen) atoms. The number of anilines is 1. The Morgan fingerprint density at radius 2 is 2.22 bits per heavy atom. The summed E-state index contributed by atoms with van der Waals surface area (Å²) >= 11 is 1.43. The van der Waals surface area contributed by atoms with Crippen LogP contribution in [-0.2, 0) is 4.79 Å². The molecular formula is C14H14N2OS. The normalized spacial score (nSPS) is 10.8. The molecule has 1 N–H and O–H groups in total. The van der Waals surface area contributed by atoms with Gasteiger partial charge in [0.25, 0.3) is 0 Å². The second-order valence-electron chi connectivity index (χ2n) is 4.03. The number of hydrogen-bond donors (Lipinski definition) is 1. The van der Waals surface area contributed by atoms with E-state index in [0.29, 0.717) is 5.13 Å². The van der Waals surface area contributed by atoms with E-state index in [1.807, 2.05) is 43.5 Å². The number of nitrogens with zero attached hydrogens (tertiary/aromatic N) is 1. The molecule has 0 bridgehead atoms. The van der Waals surface area contributed by atoms with Gasteiger partial charge in [0.05, 0.1) is 5.69 Å². The first-order valence-electron chi connectivity index (χ1n) is 5.61. The van der Waals surface area contributed by atoms with Crippen molar-refractivity contribution >= 4 is 28.5 Å². The van der Waals surface area contributed by atoms with Crippen LogP contribution in [0.5, 0.6) is 0 Å². The minimum atomic E-state index is -0.161. The van der Waals surface area contributed by atoms with E-state index in [0.717, 1.165) is 11.3 Å². The highest BCUT2D eigenvalue weighted by Crippen LogP contribution is 2.14. The zero-order chi connectivity index (χ0) is 13.0. The van der Waals surface area contributed by atoms with Gasteiger partial charge in [-0.3, -0.25) is 10.1 Å². The number of rotatable bonds is 3. The van der Waals surface area contributed by atoms with Gasteiger partial charge in [-0.2, -0.15) is 0 Å². The predicted octanol–water partition coefficient (Wildman–Crippen LogP) is 3.41. The van der Waals surface area contributed by atoms with Crippen LogP contribution < -0.4 is 5.32 Å². The maximum absolute atomic E-state index is 11.6. The van der Waals surface area contributed by atoms with E-state index in [9.17, 15) is 4.79 Å². The quantitative estimate of drug-likeness (QED) is 0.857. The molecule has 1 aromatic carbocycles. The van der Waals surface area contributed by atoms with Crippen molar-refractivity contribution in [2.75, 3.05) is 5.32 Å². The Kier molecular flexibility index (Phi) is 3.89. The fourth-order valence-electron chi connectivity index (χ4n) is 1.50. The van der Waals surface area contributed by atoms with Crippen LogP contribution in [0.15, 0.2) is 35.7 Å². The number of benzene rings is 1. The van der Waals surface area contributed by atoms with E-state index in [1.54, 1.807) is 6.08 Å².